The van der Waals surface area contributed by atoms with Crippen LogP contribution >= 0.6 is 0 Å². The molecule has 3 heterocycles. The van der Waals surface area contributed by atoms with E-state index in [4.69, 9.17) is 0 Å². The molecular weight excluding hydrogens is 318 g/mol. The first kappa shape index (κ1) is 14.8. The molecule has 0 aliphatic carbocycles. The van der Waals surface area contributed by atoms with E-state index in [2.05, 4.69) is 15.3 Å². The summed E-state index contributed by atoms with van der Waals surface area (Å²) < 4.78 is 2.92. The molecule has 0 bridgehead atoms. The molecule has 122 valence electrons. The van der Waals surface area contributed by atoms with Gasteiger partial charge in [-0.2, -0.15) is 4.52 Å². The van der Waals surface area contributed by atoms with Gasteiger partial charge in [0, 0.05) is 24.5 Å². The number of carbonyl (C=O) groups excluding carboxylic acids is 1. The summed E-state index contributed by atoms with van der Waals surface area (Å²) in [5, 5.41) is 2.78. The largest absolute Gasteiger partial charge is 0.319 e. The van der Waals surface area contributed by atoms with Crippen LogP contribution in [-0.2, 0) is 0 Å². The summed E-state index contributed by atoms with van der Waals surface area (Å²) in [5.41, 5.74) is 1.68. The first-order valence-electron chi connectivity index (χ1n) is 7.60. The Labute approximate surface area is 142 Å². The van der Waals surface area contributed by atoms with Gasteiger partial charge in [0.15, 0.2) is 5.65 Å². The Morgan fingerprint density at radius 2 is 1.84 bits per heavy atom. The lowest BCUT2D eigenvalue weighted by Crippen LogP contribution is -2.23. The molecule has 7 heteroatoms. The van der Waals surface area contributed by atoms with E-state index in [9.17, 15) is 9.59 Å². The molecule has 0 aliphatic heterocycles. The van der Waals surface area contributed by atoms with E-state index in [1.54, 1.807) is 35.3 Å². The number of pyridine rings is 1. The number of hydrogen-bond acceptors (Lipinski definition) is 4. The third-order valence-corrected chi connectivity index (χ3v) is 3.70. The Hall–Kier alpha value is -3.74. The predicted molar refractivity (Wildman–Crippen MR) is 93.0 cm³/mol. The fourth-order valence-corrected chi connectivity index (χ4v) is 2.62. The second-order valence-corrected chi connectivity index (χ2v) is 5.33. The van der Waals surface area contributed by atoms with Crippen LogP contribution in [0.1, 0.15) is 10.5 Å². The second kappa shape index (κ2) is 6.04. The number of amides is 1. The van der Waals surface area contributed by atoms with Crippen LogP contribution in [0.15, 0.2) is 78.0 Å². The quantitative estimate of drug-likeness (QED) is 0.623. The second-order valence-electron chi connectivity index (χ2n) is 5.33. The first-order chi connectivity index (χ1) is 12.2. The molecule has 0 unspecified atom stereocenters. The molecule has 1 N–H and O–H groups in total. The molecule has 0 atom stereocenters. The minimum absolute atomic E-state index is 0.269. The molecular formula is C18H13N5O2. The monoisotopic (exact) mass is 331 g/mol. The molecule has 0 radical (unpaired) electrons. The van der Waals surface area contributed by atoms with Crippen molar-refractivity contribution in [1.82, 2.24) is 19.2 Å². The highest BCUT2D eigenvalue weighted by Crippen LogP contribution is 2.16. The van der Waals surface area contributed by atoms with Crippen LogP contribution in [0.25, 0.3) is 11.3 Å². The Morgan fingerprint density at radius 1 is 1.00 bits per heavy atom. The molecule has 0 aliphatic rings. The van der Waals surface area contributed by atoms with Crippen molar-refractivity contribution in [2.24, 2.45) is 0 Å². The average molecular weight is 331 g/mol. The Bertz CT molecular complexity index is 1100. The van der Waals surface area contributed by atoms with Crippen molar-refractivity contribution in [3.8, 4) is 5.69 Å². The van der Waals surface area contributed by atoms with E-state index in [-0.39, 0.29) is 11.5 Å². The van der Waals surface area contributed by atoms with Crippen molar-refractivity contribution >= 4 is 17.2 Å². The number of nitrogens with zero attached hydrogens (tertiary/aromatic N) is 4. The van der Waals surface area contributed by atoms with E-state index in [1.165, 1.54) is 16.8 Å². The molecule has 0 saturated heterocycles. The van der Waals surface area contributed by atoms with Crippen LogP contribution in [0.5, 0.6) is 0 Å². The van der Waals surface area contributed by atoms with Crippen molar-refractivity contribution in [2.45, 2.75) is 0 Å². The number of benzene rings is 1. The lowest BCUT2D eigenvalue weighted by Gasteiger charge is -2.11. The number of hydrogen-bond donors (Lipinski definition) is 1. The Morgan fingerprint density at radius 3 is 2.60 bits per heavy atom. The van der Waals surface area contributed by atoms with Gasteiger partial charge in [-0.3, -0.25) is 14.6 Å². The van der Waals surface area contributed by atoms with Gasteiger partial charge in [0.05, 0.1) is 17.6 Å². The fourth-order valence-electron chi connectivity index (χ4n) is 2.62. The third kappa shape index (κ3) is 2.67. The van der Waals surface area contributed by atoms with Crippen molar-refractivity contribution in [3.05, 3.63) is 89.2 Å². The normalized spacial score (nSPS) is 10.7. The number of para-hydroxylation sites is 1. The van der Waals surface area contributed by atoms with Crippen LogP contribution in [0.2, 0.25) is 0 Å². The average Bonchev–Trinajstić information content (AvgIpc) is 3.04. The molecule has 3 aromatic heterocycles. The van der Waals surface area contributed by atoms with E-state index in [0.29, 0.717) is 22.7 Å². The van der Waals surface area contributed by atoms with Gasteiger partial charge in [-0.1, -0.05) is 18.2 Å². The van der Waals surface area contributed by atoms with Crippen molar-refractivity contribution in [3.63, 3.8) is 0 Å². The number of nitrogens with one attached hydrogen (secondary N) is 1. The van der Waals surface area contributed by atoms with E-state index < -0.39 is 0 Å². The van der Waals surface area contributed by atoms with Gasteiger partial charge in [-0.05, 0) is 24.3 Å². The van der Waals surface area contributed by atoms with Gasteiger partial charge in [0.2, 0.25) is 0 Å². The molecule has 0 spiro atoms. The van der Waals surface area contributed by atoms with Crippen LogP contribution in [0, 0.1) is 0 Å². The van der Waals surface area contributed by atoms with Gasteiger partial charge in [-0.25, -0.2) is 9.67 Å². The SMILES string of the molecule is O=C(Nc1cccnc1)c1cc2nccc(=O)n2n1-c1ccccc1. The lowest BCUT2D eigenvalue weighted by molar-refractivity contribution is 0.101. The smallest absolute Gasteiger partial charge is 0.274 e. The first-order valence-corrected chi connectivity index (χ1v) is 7.60. The zero-order valence-corrected chi connectivity index (χ0v) is 13.0. The number of aromatic nitrogens is 4. The summed E-state index contributed by atoms with van der Waals surface area (Å²) in [5.74, 6) is -0.359. The number of fused-ring (bicyclic) bond motifs is 1. The highest BCUT2D eigenvalue weighted by atomic mass is 16.2. The maximum absolute atomic E-state index is 12.8. The molecule has 1 amide bonds. The summed E-state index contributed by atoms with van der Waals surface area (Å²) in [4.78, 5) is 33.3. The fraction of sp³-hybridized carbons (Fsp3) is 0. The van der Waals surface area contributed by atoms with Crippen LogP contribution in [0.4, 0.5) is 5.69 Å². The van der Waals surface area contributed by atoms with Gasteiger partial charge < -0.3 is 5.32 Å². The summed E-state index contributed by atoms with van der Waals surface area (Å²) in [6.45, 7) is 0. The standard InChI is InChI=1S/C18H13N5O2/c24-17-8-10-20-16-11-15(18(25)21-13-5-4-9-19-12-13)22(23(16)17)14-6-2-1-3-7-14/h1-12H,(H,21,25). The number of rotatable bonds is 3. The minimum atomic E-state index is -0.359. The molecule has 4 rings (SSSR count). The highest BCUT2D eigenvalue weighted by molar-refractivity contribution is 6.04. The predicted octanol–water partition coefficient (Wildman–Crippen LogP) is 2.13. The van der Waals surface area contributed by atoms with E-state index in [0.717, 1.165) is 0 Å². The molecule has 7 nitrogen and oxygen atoms in total. The molecule has 0 saturated carbocycles. The maximum atomic E-state index is 12.8. The van der Waals surface area contributed by atoms with E-state index in [1.807, 2.05) is 30.3 Å². The molecule has 1 aromatic carbocycles. The van der Waals surface area contributed by atoms with Gasteiger partial charge >= 0.3 is 0 Å². The van der Waals surface area contributed by atoms with Crippen LogP contribution in [0.3, 0.4) is 0 Å². The van der Waals surface area contributed by atoms with Gasteiger partial charge in [0.25, 0.3) is 11.5 Å². The number of anilines is 1. The lowest BCUT2D eigenvalue weighted by atomic mass is 10.3. The van der Waals surface area contributed by atoms with Gasteiger partial charge in [-0.15, -0.1) is 0 Å². The topological polar surface area (TPSA) is 81.3 Å². The zero-order chi connectivity index (χ0) is 17.2. The zero-order valence-electron chi connectivity index (χ0n) is 13.0. The van der Waals surface area contributed by atoms with Crippen molar-refractivity contribution < 1.29 is 4.79 Å². The van der Waals surface area contributed by atoms with Crippen molar-refractivity contribution in [1.29, 1.82) is 0 Å². The minimum Gasteiger partial charge on any atom is -0.319 e. The molecule has 0 fully saturated rings. The van der Waals surface area contributed by atoms with Crippen LogP contribution < -0.4 is 10.9 Å². The van der Waals surface area contributed by atoms with Gasteiger partial charge in [0.1, 0.15) is 5.69 Å². The summed E-state index contributed by atoms with van der Waals surface area (Å²) in [7, 11) is 0. The maximum Gasteiger partial charge on any atom is 0.274 e. The summed E-state index contributed by atoms with van der Waals surface area (Å²) in [6.07, 6.45) is 4.60. The van der Waals surface area contributed by atoms with Crippen LogP contribution in [-0.4, -0.2) is 25.1 Å². The van der Waals surface area contributed by atoms with Crippen molar-refractivity contribution in [2.75, 3.05) is 5.32 Å². The molecule has 4 aromatic rings. The molecule has 25 heavy (non-hydrogen) atoms. The highest BCUT2D eigenvalue weighted by Gasteiger charge is 2.18. The summed E-state index contributed by atoms with van der Waals surface area (Å²) in [6, 6.07) is 15.6. The Balaban J connectivity index is 1.90. The summed E-state index contributed by atoms with van der Waals surface area (Å²) >= 11 is 0. The number of carbonyl (C=O) groups is 1. The Kier molecular flexibility index (Phi) is 3.59. The third-order valence-electron chi connectivity index (χ3n) is 3.70. The van der Waals surface area contributed by atoms with E-state index >= 15 is 0 Å².